The van der Waals surface area contributed by atoms with Gasteiger partial charge in [-0.2, -0.15) is 0 Å². The summed E-state index contributed by atoms with van der Waals surface area (Å²) in [5.41, 5.74) is 2.64. The molecule has 2 aromatic carbocycles. The molecule has 9 nitrogen and oxygen atoms in total. The number of ether oxygens (including phenoxy) is 1. The molecule has 0 atom stereocenters. The van der Waals surface area contributed by atoms with Crippen LogP contribution in [0.5, 0.6) is 5.75 Å². The number of nitrogens with one attached hydrogen (secondary N) is 4. The molecule has 0 spiro atoms. The Labute approximate surface area is 205 Å². The van der Waals surface area contributed by atoms with E-state index in [4.69, 9.17) is 9.72 Å². The summed E-state index contributed by atoms with van der Waals surface area (Å²) in [5, 5.41) is 12.3. The topological polar surface area (TPSA) is 117 Å². The minimum absolute atomic E-state index is 0.0650. The Morgan fingerprint density at radius 3 is 2.14 bits per heavy atom. The van der Waals surface area contributed by atoms with Gasteiger partial charge in [-0.1, -0.05) is 42.5 Å². The van der Waals surface area contributed by atoms with Gasteiger partial charge in [-0.25, -0.2) is 9.97 Å². The number of amides is 2. The maximum absolute atomic E-state index is 12.3. The Hall–Kier alpha value is -4.14. The summed E-state index contributed by atoms with van der Waals surface area (Å²) < 4.78 is 5.21. The minimum atomic E-state index is -0.0769. The second kappa shape index (κ2) is 12.9. The van der Waals surface area contributed by atoms with E-state index in [2.05, 4.69) is 26.3 Å². The standard InChI is InChI=1S/C26H32N6O3/c1-18-24(29-14-12-27-19(2)33)31-26(21-9-5-4-6-10-21)32-25(18)30-15-13-28-23(34)17-20-8-7-11-22(16-20)35-3/h4-11,16H,12-15,17H2,1-3H3,(H,27,33)(H,28,34)(H2,29,30,31,32). The van der Waals surface area contributed by atoms with E-state index < -0.39 is 0 Å². The molecule has 0 saturated carbocycles. The van der Waals surface area contributed by atoms with Crippen molar-refractivity contribution in [3.8, 4) is 17.1 Å². The zero-order valence-electron chi connectivity index (χ0n) is 20.4. The zero-order chi connectivity index (χ0) is 25.0. The zero-order valence-corrected chi connectivity index (χ0v) is 20.4. The van der Waals surface area contributed by atoms with Crippen molar-refractivity contribution in [1.82, 2.24) is 20.6 Å². The largest absolute Gasteiger partial charge is 0.497 e. The molecule has 0 radical (unpaired) electrons. The lowest BCUT2D eigenvalue weighted by atomic mass is 10.1. The van der Waals surface area contributed by atoms with Gasteiger partial charge in [0.1, 0.15) is 17.4 Å². The summed E-state index contributed by atoms with van der Waals surface area (Å²) in [4.78, 5) is 32.9. The van der Waals surface area contributed by atoms with Gasteiger partial charge < -0.3 is 26.0 Å². The normalized spacial score (nSPS) is 10.4. The number of hydrogen-bond acceptors (Lipinski definition) is 7. The highest BCUT2D eigenvalue weighted by molar-refractivity contribution is 5.78. The Kier molecular flexibility index (Phi) is 9.41. The summed E-state index contributed by atoms with van der Waals surface area (Å²) in [6.45, 7) is 5.38. The highest BCUT2D eigenvalue weighted by Gasteiger charge is 2.12. The molecule has 184 valence electrons. The van der Waals surface area contributed by atoms with Crippen LogP contribution in [0.1, 0.15) is 18.1 Å². The van der Waals surface area contributed by atoms with Crippen molar-refractivity contribution in [2.75, 3.05) is 43.9 Å². The van der Waals surface area contributed by atoms with Crippen molar-refractivity contribution in [2.45, 2.75) is 20.3 Å². The molecule has 3 aromatic rings. The van der Waals surface area contributed by atoms with Crippen LogP contribution >= 0.6 is 0 Å². The molecule has 2 amide bonds. The SMILES string of the molecule is COc1cccc(CC(=O)NCCNc2nc(-c3ccccc3)nc(NCCNC(C)=O)c2C)c1. The van der Waals surface area contributed by atoms with E-state index in [0.29, 0.717) is 43.6 Å². The number of carbonyl (C=O) groups is 2. The number of benzene rings is 2. The van der Waals surface area contributed by atoms with E-state index in [0.717, 1.165) is 22.4 Å². The third-order valence-electron chi connectivity index (χ3n) is 5.21. The van der Waals surface area contributed by atoms with Gasteiger partial charge in [0.05, 0.1) is 13.5 Å². The second-order valence-electron chi connectivity index (χ2n) is 7.95. The van der Waals surface area contributed by atoms with Gasteiger partial charge in [-0.05, 0) is 24.6 Å². The average Bonchev–Trinajstić information content (AvgIpc) is 2.86. The number of aromatic nitrogens is 2. The summed E-state index contributed by atoms with van der Waals surface area (Å²) in [5.74, 6) is 2.54. The van der Waals surface area contributed by atoms with Crippen molar-refractivity contribution < 1.29 is 14.3 Å². The van der Waals surface area contributed by atoms with Crippen LogP contribution in [0.25, 0.3) is 11.4 Å². The van der Waals surface area contributed by atoms with E-state index in [-0.39, 0.29) is 18.2 Å². The highest BCUT2D eigenvalue weighted by Crippen LogP contribution is 2.25. The molecule has 0 aliphatic carbocycles. The molecule has 1 aromatic heterocycles. The summed E-state index contributed by atoms with van der Waals surface area (Å²) in [7, 11) is 1.60. The third-order valence-corrected chi connectivity index (χ3v) is 5.21. The molecule has 0 saturated heterocycles. The van der Waals surface area contributed by atoms with Crippen LogP contribution in [-0.4, -0.2) is 55.1 Å². The van der Waals surface area contributed by atoms with Crippen LogP contribution < -0.4 is 26.0 Å². The Morgan fingerprint density at radius 1 is 0.857 bits per heavy atom. The lowest BCUT2D eigenvalue weighted by molar-refractivity contribution is -0.120. The van der Waals surface area contributed by atoms with E-state index in [1.54, 1.807) is 7.11 Å². The van der Waals surface area contributed by atoms with Crippen molar-refractivity contribution in [3.63, 3.8) is 0 Å². The molecule has 9 heteroatoms. The molecule has 0 unspecified atom stereocenters. The van der Waals surface area contributed by atoms with Crippen molar-refractivity contribution in [1.29, 1.82) is 0 Å². The summed E-state index contributed by atoms with van der Waals surface area (Å²) in [6.07, 6.45) is 0.282. The molecular formula is C26H32N6O3. The first-order chi connectivity index (χ1) is 17.0. The molecular weight excluding hydrogens is 444 g/mol. The summed E-state index contributed by atoms with van der Waals surface area (Å²) >= 11 is 0. The van der Waals surface area contributed by atoms with Crippen LogP contribution in [-0.2, 0) is 16.0 Å². The number of methoxy groups -OCH3 is 1. The van der Waals surface area contributed by atoms with Crippen molar-refractivity contribution in [2.24, 2.45) is 0 Å². The molecule has 0 aliphatic heterocycles. The van der Waals surface area contributed by atoms with Gasteiger partial charge >= 0.3 is 0 Å². The fourth-order valence-corrected chi connectivity index (χ4v) is 3.41. The number of hydrogen-bond donors (Lipinski definition) is 4. The molecule has 4 N–H and O–H groups in total. The molecule has 3 rings (SSSR count). The number of anilines is 2. The van der Waals surface area contributed by atoms with Gasteiger partial charge in [0.25, 0.3) is 0 Å². The van der Waals surface area contributed by atoms with Gasteiger partial charge in [-0.15, -0.1) is 0 Å². The van der Waals surface area contributed by atoms with Gasteiger partial charge in [0, 0.05) is 44.2 Å². The maximum Gasteiger partial charge on any atom is 0.224 e. The van der Waals surface area contributed by atoms with Crippen molar-refractivity contribution >= 4 is 23.5 Å². The number of nitrogens with zero attached hydrogens (tertiary/aromatic N) is 2. The van der Waals surface area contributed by atoms with Crippen LogP contribution in [0, 0.1) is 6.92 Å². The Morgan fingerprint density at radius 2 is 1.51 bits per heavy atom. The van der Waals surface area contributed by atoms with Crippen LogP contribution in [0.2, 0.25) is 0 Å². The predicted molar refractivity (Wildman–Crippen MR) is 138 cm³/mol. The first-order valence-electron chi connectivity index (χ1n) is 11.5. The van der Waals surface area contributed by atoms with E-state index in [1.807, 2.05) is 61.5 Å². The lowest BCUT2D eigenvalue weighted by Crippen LogP contribution is -2.30. The fraction of sp³-hybridized carbons (Fsp3) is 0.308. The predicted octanol–water partition coefficient (Wildman–Crippen LogP) is 2.78. The van der Waals surface area contributed by atoms with E-state index in [9.17, 15) is 9.59 Å². The molecule has 35 heavy (non-hydrogen) atoms. The number of carbonyl (C=O) groups excluding carboxylic acids is 2. The first kappa shape index (κ1) is 25.5. The molecule has 0 aliphatic rings. The second-order valence-corrected chi connectivity index (χ2v) is 7.95. The first-order valence-corrected chi connectivity index (χ1v) is 11.5. The Balaban J connectivity index is 1.61. The van der Waals surface area contributed by atoms with E-state index in [1.165, 1.54) is 6.92 Å². The summed E-state index contributed by atoms with van der Waals surface area (Å²) in [6, 6.07) is 17.2. The third kappa shape index (κ3) is 7.99. The smallest absolute Gasteiger partial charge is 0.224 e. The lowest BCUT2D eigenvalue weighted by Gasteiger charge is -2.16. The maximum atomic E-state index is 12.3. The van der Waals surface area contributed by atoms with Crippen molar-refractivity contribution in [3.05, 3.63) is 65.7 Å². The van der Waals surface area contributed by atoms with Gasteiger partial charge in [0.15, 0.2) is 5.82 Å². The number of rotatable bonds is 12. The average molecular weight is 477 g/mol. The minimum Gasteiger partial charge on any atom is -0.497 e. The van der Waals surface area contributed by atoms with E-state index >= 15 is 0 Å². The molecule has 0 fully saturated rings. The van der Waals surface area contributed by atoms with Crippen LogP contribution in [0.15, 0.2) is 54.6 Å². The van der Waals surface area contributed by atoms with Gasteiger partial charge in [0.2, 0.25) is 11.8 Å². The molecule has 0 bridgehead atoms. The molecule has 1 heterocycles. The van der Waals surface area contributed by atoms with Crippen LogP contribution in [0.4, 0.5) is 11.6 Å². The van der Waals surface area contributed by atoms with Crippen LogP contribution in [0.3, 0.4) is 0 Å². The Bertz CT molecular complexity index is 1140. The fourth-order valence-electron chi connectivity index (χ4n) is 3.41. The van der Waals surface area contributed by atoms with Gasteiger partial charge in [-0.3, -0.25) is 9.59 Å². The quantitative estimate of drug-likeness (QED) is 0.297. The highest BCUT2D eigenvalue weighted by atomic mass is 16.5. The monoisotopic (exact) mass is 476 g/mol.